The zero-order valence-corrected chi connectivity index (χ0v) is 14.9. The van der Waals surface area contributed by atoms with Crippen molar-refractivity contribution in [1.82, 2.24) is 4.90 Å². The fourth-order valence-corrected chi connectivity index (χ4v) is 3.02. The van der Waals surface area contributed by atoms with Crippen molar-refractivity contribution in [2.75, 3.05) is 24.5 Å². The van der Waals surface area contributed by atoms with Crippen molar-refractivity contribution in [1.29, 1.82) is 0 Å². The van der Waals surface area contributed by atoms with Crippen LogP contribution in [0.25, 0.3) is 0 Å². The molecular formula is C19H18ClFN2O3. The van der Waals surface area contributed by atoms with Crippen molar-refractivity contribution in [2.45, 2.75) is 13.0 Å². The van der Waals surface area contributed by atoms with Gasteiger partial charge in [-0.2, -0.15) is 0 Å². The standard InChI is InChI=1S/C19H18ClFN2O3/c1-13(26-17-8-7-14(21)11-16(17)20)19(25)22-9-10-23(18(24)12-22)15-5-3-2-4-6-15/h2-8,11,13H,9-10,12H2,1H3. The van der Waals surface area contributed by atoms with Crippen LogP contribution in [-0.2, 0) is 9.59 Å². The van der Waals surface area contributed by atoms with Gasteiger partial charge in [0, 0.05) is 18.8 Å². The first-order valence-corrected chi connectivity index (χ1v) is 8.59. The molecule has 0 aliphatic carbocycles. The second-order valence-corrected chi connectivity index (χ2v) is 6.38. The van der Waals surface area contributed by atoms with Crippen LogP contribution in [0.5, 0.6) is 5.75 Å². The molecule has 0 spiro atoms. The maximum Gasteiger partial charge on any atom is 0.263 e. The molecule has 3 rings (SSSR count). The predicted molar refractivity (Wildman–Crippen MR) is 96.9 cm³/mol. The minimum absolute atomic E-state index is 0.0153. The van der Waals surface area contributed by atoms with Gasteiger partial charge in [0.2, 0.25) is 5.91 Å². The van der Waals surface area contributed by atoms with E-state index in [2.05, 4.69) is 0 Å². The van der Waals surface area contributed by atoms with Crippen LogP contribution in [0.4, 0.5) is 10.1 Å². The van der Waals surface area contributed by atoms with Crippen LogP contribution in [0.1, 0.15) is 6.92 Å². The molecule has 1 atom stereocenters. The zero-order valence-electron chi connectivity index (χ0n) is 14.2. The average Bonchev–Trinajstić information content (AvgIpc) is 2.64. The van der Waals surface area contributed by atoms with Crippen molar-refractivity contribution in [3.05, 3.63) is 59.4 Å². The molecule has 0 N–H and O–H groups in total. The molecule has 1 fully saturated rings. The van der Waals surface area contributed by atoms with Crippen molar-refractivity contribution < 1.29 is 18.7 Å². The summed E-state index contributed by atoms with van der Waals surface area (Å²) in [5.74, 6) is -0.721. The number of carbonyl (C=O) groups is 2. The molecule has 2 aromatic rings. The van der Waals surface area contributed by atoms with Gasteiger partial charge in [-0.1, -0.05) is 29.8 Å². The third-order valence-electron chi connectivity index (χ3n) is 4.15. The number of nitrogens with zero attached hydrogens (tertiary/aromatic N) is 2. The van der Waals surface area contributed by atoms with Gasteiger partial charge in [-0.3, -0.25) is 9.59 Å². The molecule has 0 aromatic heterocycles. The van der Waals surface area contributed by atoms with Gasteiger partial charge in [0.25, 0.3) is 5.91 Å². The minimum Gasteiger partial charge on any atom is -0.479 e. The molecule has 1 heterocycles. The van der Waals surface area contributed by atoms with E-state index >= 15 is 0 Å². The number of halogens is 2. The van der Waals surface area contributed by atoms with E-state index in [9.17, 15) is 14.0 Å². The number of amides is 2. The number of ether oxygens (including phenoxy) is 1. The summed E-state index contributed by atoms with van der Waals surface area (Å²) in [4.78, 5) is 28.1. The van der Waals surface area contributed by atoms with Gasteiger partial charge in [-0.05, 0) is 37.3 Å². The summed E-state index contributed by atoms with van der Waals surface area (Å²) in [5.41, 5.74) is 0.812. The predicted octanol–water partition coefficient (Wildman–Crippen LogP) is 3.12. The van der Waals surface area contributed by atoms with Crippen molar-refractivity contribution >= 4 is 29.1 Å². The first-order chi connectivity index (χ1) is 12.5. The number of carbonyl (C=O) groups excluding carboxylic acids is 2. The Morgan fingerprint density at radius 3 is 2.58 bits per heavy atom. The Bertz CT molecular complexity index is 816. The molecule has 1 aliphatic rings. The van der Waals surface area contributed by atoms with Crippen molar-refractivity contribution in [3.8, 4) is 5.75 Å². The molecule has 7 heteroatoms. The number of anilines is 1. The van der Waals surface area contributed by atoms with Crippen LogP contribution in [0.3, 0.4) is 0 Å². The van der Waals surface area contributed by atoms with Crippen LogP contribution >= 0.6 is 11.6 Å². The van der Waals surface area contributed by atoms with Crippen LogP contribution in [0.15, 0.2) is 48.5 Å². The van der Waals surface area contributed by atoms with E-state index in [0.29, 0.717) is 13.1 Å². The summed E-state index contributed by atoms with van der Waals surface area (Å²) >= 11 is 5.92. The highest BCUT2D eigenvalue weighted by atomic mass is 35.5. The molecule has 0 saturated carbocycles. The van der Waals surface area contributed by atoms with E-state index in [1.807, 2.05) is 30.3 Å². The molecule has 5 nitrogen and oxygen atoms in total. The number of hydrogen-bond acceptors (Lipinski definition) is 3. The lowest BCUT2D eigenvalue weighted by Gasteiger charge is -2.35. The normalized spacial score (nSPS) is 15.7. The lowest BCUT2D eigenvalue weighted by atomic mass is 10.2. The van der Waals surface area contributed by atoms with E-state index in [4.69, 9.17) is 16.3 Å². The third-order valence-corrected chi connectivity index (χ3v) is 4.44. The summed E-state index contributed by atoms with van der Waals surface area (Å²) in [6, 6.07) is 13.0. The van der Waals surface area contributed by atoms with Crippen LogP contribution in [0.2, 0.25) is 5.02 Å². The molecule has 1 saturated heterocycles. The molecular weight excluding hydrogens is 359 g/mol. The Hall–Kier alpha value is -2.60. The van der Waals surface area contributed by atoms with Gasteiger partial charge in [0.15, 0.2) is 6.10 Å². The van der Waals surface area contributed by atoms with E-state index in [1.54, 1.807) is 11.8 Å². The van der Waals surface area contributed by atoms with Crippen LogP contribution in [0, 0.1) is 5.82 Å². The summed E-state index contributed by atoms with van der Waals surface area (Å²) in [6.45, 7) is 2.39. The Balaban J connectivity index is 1.63. The molecule has 2 amide bonds. The monoisotopic (exact) mass is 376 g/mol. The summed E-state index contributed by atoms with van der Waals surface area (Å²) < 4.78 is 18.6. The molecule has 1 unspecified atom stereocenters. The van der Waals surface area contributed by atoms with Gasteiger partial charge in [0.05, 0.1) is 5.02 Å². The minimum atomic E-state index is -0.839. The molecule has 2 aromatic carbocycles. The van der Waals surface area contributed by atoms with Crippen molar-refractivity contribution in [3.63, 3.8) is 0 Å². The average molecular weight is 377 g/mol. The van der Waals surface area contributed by atoms with Crippen molar-refractivity contribution in [2.24, 2.45) is 0 Å². The van der Waals surface area contributed by atoms with Gasteiger partial charge >= 0.3 is 0 Å². The maximum atomic E-state index is 13.1. The topological polar surface area (TPSA) is 49.9 Å². The van der Waals surface area contributed by atoms with E-state index in [1.165, 1.54) is 17.0 Å². The molecule has 26 heavy (non-hydrogen) atoms. The molecule has 0 bridgehead atoms. The number of rotatable bonds is 4. The Morgan fingerprint density at radius 1 is 1.19 bits per heavy atom. The summed E-state index contributed by atoms with van der Waals surface area (Å²) in [7, 11) is 0. The largest absolute Gasteiger partial charge is 0.479 e. The number of hydrogen-bond donors (Lipinski definition) is 0. The lowest BCUT2D eigenvalue weighted by molar-refractivity contribution is -0.142. The molecule has 0 radical (unpaired) electrons. The maximum absolute atomic E-state index is 13.1. The van der Waals surface area contributed by atoms with Gasteiger partial charge in [-0.25, -0.2) is 4.39 Å². The summed E-state index contributed by atoms with van der Waals surface area (Å²) in [5, 5.41) is 0.0922. The Kier molecular flexibility index (Phi) is 5.42. The summed E-state index contributed by atoms with van der Waals surface area (Å²) in [6.07, 6.45) is -0.839. The Labute approximate surface area is 155 Å². The third kappa shape index (κ3) is 3.96. The highest BCUT2D eigenvalue weighted by molar-refractivity contribution is 6.32. The van der Waals surface area contributed by atoms with Gasteiger partial charge in [-0.15, -0.1) is 0 Å². The SMILES string of the molecule is CC(Oc1ccc(F)cc1Cl)C(=O)N1CCN(c2ccccc2)C(=O)C1. The fourth-order valence-electron chi connectivity index (χ4n) is 2.81. The first-order valence-electron chi connectivity index (χ1n) is 8.21. The van der Waals surface area contributed by atoms with Gasteiger partial charge < -0.3 is 14.5 Å². The smallest absolute Gasteiger partial charge is 0.263 e. The number of para-hydroxylation sites is 1. The quantitative estimate of drug-likeness (QED) is 0.823. The highest BCUT2D eigenvalue weighted by Gasteiger charge is 2.31. The first kappa shape index (κ1) is 18.2. The van der Waals surface area contributed by atoms with E-state index in [-0.39, 0.29) is 29.1 Å². The Morgan fingerprint density at radius 2 is 1.92 bits per heavy atom. The molecule has 136 valence electrons. The molecule has 1 aliphatic heterocycles. The highest BCUT2D eigenvalue weighted by Crippen LogP contribution is 2.26. The van der Waals surface area contributed by atoms with E-state index in [0.717, 1.165) is 11.8 Å². The van der Waals surface area contributed by atoms with Crippen LogP contribution < -0.4 is 9.64 Å². The van der Waals surface area contributed by atoms with Crippen LogP contribution in [-0.4, -0.2) is 42.5 Å². The van der Waals surface area contributed by atoms with E-state index < -0.39 is 11.9 Å². The zero-order chi connectivity index (χ0) is 18.7. The second-order valence-electron chi connectivity index (χ2n) is 5.98. The second kappa shape index (κ2) is 7.74. The fraction of sp³-hybridized carbons (Fsp3) is 0.263. The number of benzene rings is 2. The lowest BCUT2D eigenvalue weighted by Crippen LogP contribution is -2.54. The number of piperazine rings is 1. The van der Waals surface area contributed by atoms with Gasteiger partial charge in [0.1, 0.15) is 18.1 Å².